The molecule has 0 saturated carbocycles. The third kappa shape index (κ3) is 3.10. The lowest BCUT2D eigenvalue weighted by atomic mass is 10.2. The van der Waals surface area contributed by atoms with Crippen LogP contribution in [0.5, 0.6) is 0 Å². The third-order valence-corrected chi connectivity index (χ3v) is 2.44. The van der Waals surface area contributed by atoms with Crippen molar-refractivity contribution in [3.05, 3.63) is 60.7 Å². The lowest BCUT2D eigenvalue weighted by Gasteiger charge is -2.20. The number of rotatable bonds is 2. The molecule has 2 aromatic carbocycles. The smallest absolute Gasteiger partial charge is 0.355 e. The normalized spacial score (nSPS) is 9.68. The molecule has 5 nitrogen and oxygen atoms in total. The predicted molar refractivity (Wildman–Crippen MR) is 76.2 cm³/mol. The average molecular weight is 254 g/mol. The van der Waals surface area contributed by atoms with Crippen LogP contribution in [0.15, 0.2) is 65.7 Å². The maximum atomic E-state index is 12.1. The molecule has 0 bridgehead atoms. The number of nitrogens with two attached hydrogens (primary N) is 2. The zero-order valence-corrected chi connectivity index (χ0v) is 10.2. The number of guanidine groups is 1. The Hall–Kier alpha value is -2.82. The van der Waals surface area contributed by atoms with Crippen molar-refractivity contribution in [3.8, 4) is 0 Å². The lowest BCUT2D eigenvalue weighted by Crippen LogP contribution is -2.29. The Kier molecular flexibility index (Phi) is 3.78. The van der Waals surface area contributed by atoms with Gasteiger partial charge in [0.25, 0.3) is 0 Å². The highest BCUT2D eigenvalue weighted by Gasteiger charge is 2.16. The molecule has 0 saturated heterocycles. The van der Waals surface area contributed by atoms with E-state index in [1.165, 1.54) is 4.90 Å². The molecule has 0 fully saturated rings. The van der Waals surface area contributed by atoms with Gasteiger partial charge in [-0.1, -0.05) is 36.4 Å². The number of para-hydroxylation sites is 2. The van der Waals surface area contributed by atoms with Crippen molar-refractivity contribution in [1.29, 1.82) is 0 Å². The van der Waals surface area contributed by atoms with Crippen molar-refractivity contribution in [2.45, 2.75) is 0 Å². The highest BCUT2D eigenvalue weighted by atomic mass is 16.2. The summed E-state index contributed by atoms with van der Waals surface area (Å²) in [7, 11) is 0. The van der Waals surface area contributed by atoms with Crippen molar-refractivity contribution in [3.63, 3.8) is 0 Å². The second kappa shape index (κ2) is 5.68. The number of anilines is 2. The number of hydrogen-bond donors (Lipinski definition) is 2. The van der Waals surface area contributed by atoms with Gasteiger partial charge in [0.15, 0.2) is 5.96 Å². The van der Waals surface area contributed by atoms with Crippen molar-refractivity contribution in [1.82, 2.24) is 0 Å². The molecule has 96 valence electrons. The summed E-state index contributed by atoms with van der Waals surface area (Å²) in [4.78, 5) is 17.2. The Morgan fingerprint density at radius 3 is 1.63 bits per heavy atom. The van der Waals surface area contributed by atoms with Crippen LogP contribution in [0.4, 0.5) is 16.2 Å². The number of amides is 2. The van der Waals surface area contributed by atoms with Crippen LogP contribution in [0.1, 0.15) is 0 Å². The predicted octanol–water partition coefficient (Wildman–Crippen LogP) is 2.22. The van der Waals surface area contributed by atoms with E-state index in [-0.39, 0.29) is 5.96 Å². The first-order chi connectivity index (χ1) is 9.18. The van der Waals surface area contributed by atoms with E-state index in [0.29, 0.717) is 11.4 Å². The first-order valence-corrected chi connectivity index (χ1v) is 5.72. The van der Waals surface area contributed by atoms with Gasteiger partial charge >= 0.3 is 6.03 Å². The molecule has 0 heterocycles. The molecule has 5 heteroatoms. The summed E-state index contributed by atoms with van der Waals surface area (Å²) in [5.41, 5.74) is 11.9. The Morgan fingerprint density at radius 2 is 1.26 bits per heavy atom. The van der Waals surface area contributed by atoms with E-state index in [0.717, 1.165) is 0 Å². The number of nitrogens with zero attached hydrogens (tertiary/aromatic N) is 2. The van der Waals surface area contributed by atoms with Crippen LogP contribution in [-0.4, -0.2) is 12.0 Å². The quantitative estimate of drug-likeness (QED) is 0.636. The summed E-state index contributed by atoms with van der Waals surface area (Å²) in [5, 5.41) is 0. The largest absolute Gasteiger partial charge is 0.370 e. The molecule has 4 N–H and O–H groups in total. The molecule has 2 aromatic rings. The molecule has 0 aliphatic rings. The highest BCUT2D eigenvalue weighted by Crippen LogP contribution is 2.25. The second-order valence-corrected chi connectivity index (χ2v) is 3.83. The van der Waals surface area contributed by atoms with Crippen LogP contribution in [0.3, 0.4) is 0 Å². The monoisotopic (exact) mass is 254 g/mol. The van der Waals surface area contributed by atoms with Gasteiger partial charge in [0.05, 0.1) is 11.4 Å². The van der Waals surface area contributed by atoms with Crippen LogP contribution >= 0.6 is 0 Å². The second-order valence-electron chi connectivity index (χ2n) is 3.83. The number of carbonyl (C=O) groups excluding carboxylic acids is 1. The molecule has 2 amide bonds. The minimum absolute atomic E-state index is 0.262. The molecule has 0 unspecified atom stereocenters. The number of hydrogen-bond acceptors (Lipinski definition) is 1. The van der Waals surface area contributed by atoms with Crippen molar-refractivity contribution >= 4 is 23.4 Å². The molecule has 0 aliphatic carbocycles. The molecule has 0 aliphatic heterocycles. The van der Waals surface area contributed by atoms with Gasteiger partial charge in [0.2, 0.25) is 0 Å². The fraction of sp³-hybridized carbons (Fsp3) is 0. The van der Waals surface area contributed by atoms with Gasteiger partial charge in [-0.15, -0.1) is 0 Å². The maximum Gasteiger partial charge on any atom is 0.355 e. The minimum Gasteiger partial charge on any atom is -0.370 e. The zero-order valence-electron chi connectivity index (χ0n) is 10.2. The van der Waals surface area contributed by atoms with Crippen LogP contribution in [0, 0.1) is 0 Å². The van der Waals surface area contributed by atoms with Crippen molar-refractivity contribution < 1.29 is 4.79 Å². The molecule has 0 atom stereocenters. The van der Waals surface area contributed by atoms with Gasteiger partial charge in [-0.3, -0.25) is 4.90 Å². The SMILES string of the molecule is NC(N)=NC(=O)N(c1ccccc1)c1ccccc1. The maximum absolute atomic E-state index is 12.1. The fourth-order valence-corrected chi connectivity index (χ4v) is 1.68. The van der Waals surface area contributed by atoms with E-state index < -0.39 is 6.03 Å². The summed E-state index contributed by atoms with van der Waals surface area (Å²) < 4.78 is 0. The number of aliphatic imine (C=N–C) groups is 1. The Morgan fingerprint density at radius 1 is 0.842 bits per heavy atom. The summed E-state index contributed by atoms with van der Waals surface area (Å²) >= 11 is 0. The first kappa shape index (κ1) is 12.6. The molecule has 19 heavy (non-hydrogen) atoms. The van der Waals surface area contributed by atoms with Gasteiger partial charge in [0, 0.05) is 0 Å². The van der Waals surface area contributed by atoms with Gasteiger partial charge in [-0.05, 0) is 24.3 Å². The van der Waals surface area contributed by atoms with E-state index in [2.05, 4.69) is 4.99 Å². The summed E-state index contributed by atoms with van der Waals surface area (Å²) in [6, 6.07) is 17.8. The molecule has 0 aromatic heterocycles. The minimum atomic E-state index is -0.530. The first-order valence-electron chi connectivity index (χ1n) is 5.72. The number of urea groups is 1. The summed E-state index contributed by atoms with van der Waals surface area (Å²) in [6.07, 6.45) is 0. The van der Waals surface area contributed by atoms with Crippen molar-refractivity contribution in [2.75, 3.05) is 4.90 Å². The van der Waals surface area contributed by atoms with Crippen LogP contribution in [0.2, 0.25) is 0 Å². The van der Waals surface area contributed by atoms with E-state index in [4.69, 9.17) is 11.5 Å². The van der Waals surface area contributed by atoms with Gasteiger partial charge in [0.1, 0.15) is 0 Å². The Bertz CT molecular complexity index is 537. The lowest BCUT2D eigenvalue weighted by molar-refractivity contribution is 0.256. The van der Waals surface area contributed by atoms with Gasteiger partial charge in [-0.25, -0.2) is 4.79 Å². The van der Waals surface area contributed by atoms with E-state index >= 15 is 0 Å². The molecule has 2 rings (SSSR count). The Labute approximate surface area is 111 Å². The van der Waals surface area contributed by atoms with Crippen LogP contribution < -0.4 is 16.4 Å². The third-order valence-electron chi connectivity index (χ3n) is 2.44. The summed E-state index contributed by atoms with van der Waals surface area (Å²) in [6.45, 7) is 0. The zero-order chi connectivity index (χ0) is 13.7. The van der Waals surface area contributed by atoms with Crippen molar-refractivity contribution in [2.24, 2.45) is 16.5 Å². The van der Waals surface area contributed by atoms with Gasteiger partial charge in [-0.2, -0.15) is 4.99 Å². The Balaban J connectivity index is 2.46. The highest BCUT2D eigenvalue weighted by molar-refractivity contribution is 6.04. The molecule has 0 radical (unpaired) electrons. The molecular formula is C14H14N4O. The van der Waals surface area contributed by atoms with E-state index in [1.54, 1.807) is 0 Å². The van der Waals surface area contributed by atoms with Crippen LogP contribution in [0.25, 0.3) is 0 Å². The summed E-state index contributed by atoms with van der Waals surface area (Å²) in [5.74, 6) is -0.262. The number of benzene rings is 2. The van der Waals surface area contributed by atoms with E-state index in [9.17, 15) is 4.79 Å². The fourth-order valence-electron chi connectivity index (χ4n) is 1.68. The topological polar surface area (TPSA) is 84.7 Å². The van der Waals surface area contributed by atoms with Crippen LogP contribution in [-0.2, 0) is 0 Å². The average Bonchev–Trinajstić information content (AvgIpc) is 2.40. The molecule has 0 spiro atoms. The molecular weight excluding hydrogens is 240 g/mol. The van der Waals surface area contributed by atoms with Gasteiger partial charge < -0.3 is 11.5 Å². The van der Waals surface area contributed by atoms with E-state index in [1.807, 2.05) is 60.7 Å². The number of carbonyl (C=O) groups is 1. The standard InChI is InChI=1S/C14H14N4O/c15-13(16)17-14(19)18(11-7-3-1-4-8-11)12-9-5-2-6-10-12/h1-10H,(H4,15,16,17,19).